The molecule has 0 unspecified atom stereocenters. The summed E-state index contributed by atoms with van der Waals surface area (Å²) in [6.45, 7) is 3.59. The normalized spacial score (nSPS) is 14.4. The molecule has 0 bridgehead atoms. The molecule has 1 aliphatic heterocycles. The highest BCUT2D eigenvalue weighted by Gasteiger charge is 2.36. The van der Waals surface area contributed by atoms with Crippen molar-refractivity contribution in [1.29, 1.82) is 0 Å². The highest BCUT2D eigenvalue weighted by Crippen LogP contribution is 2.35. The SMILES string of the molecule is COc1cc(/C=C2/C(=O)NC(=O)N(c3ccccc3)C2=O)cc(I)c1OCC(=O)Nc1cc(C)ccc1C. The van der Waals surface area contributed by atoms with Crippen molar-refractivity contribution in [1.82, 2.24) is 5.32 Å². The zero-order valence-corrected chi connectivity index (χ0v) is 23.0. The monoisotopic (exact) mass is 625 g/mol. The van der Waals surface area contributed by atoms with Gasteiger partial charge in [0, 0.05) is 5.69 Å². The van der Waals surface area contributed by atoms with Crippen LogP contribution in [0.4, 0.5) is 16.2 Å². The second-order valence-electron chi connectivity index (χ2n) is 8.48. The van der Waals surface area contributed by atoms with Crippen molar-refractivity contribution in [3.63, 3.8) is 0 Å². The van der Waals surface area contributed by atoms with E-state index in [0.717, 1.165) is 16.0 Å². The van der Waals surface area contributed by atoms with E-state index in [0.29, 0.717) is 32.0 Å². The third kappa shape index (κ3) is 5.86. The van der Waals surface area contributed by atoms with Gasteiger partial charge in [0.15, 0.2) is 18.1 Å². The van der Waals surface area contributed by atoms with Crippen molar-refractivity contribution in [3.05, 3.63) is 86.5 Å². The van der Waals surface area contributed by atoms with E-state index >= 15 is 0 Å². The van der Waals surface area contributed by atoms with Crippen LogP contribution in [0.2, 0.25) is 0 Å². The Labute approximate surface area is 232 Å². The third-order valence-electron chi connectivity index (χ3n) is 5.69. The molecule has 1 aliphatic rings. The van der Waals surface area contributed by atoms with Crippen molar-refractivity contribution in [2.24, 2.45) is 0 Å². The summed E-state index contributed by atoms with van der Waals surface area (Å²) >= 11 is 2.02. The molecule has 0 aromatic heterocycles. The fourth-order valence-corrected chi connectivity index (χ4v) is 4.57. The molecule has 194 valence electrons. The number of aryl methyl sites for hydroxylation is 2. The summed E-state index contributed by atoms with van der Waals surface area (Å²) in [7, 11) is 1.44. The molecule has 1 saturated heterocycles. The summed E-state index contributed by atoms with van der Waals surface area (Å²) in [5, 5.41) is 5.04. The minimum absolute atomic E-state index is 0.215. The fourth-order valence-electron chi connectivity index (χ4n) is 3.79. The van der Waals surface area contributed by atoms with Crippen LogP contribution in [-0.4, -0.2) is 37.5 Å². The molecule has 0 radical (unpaired) electrons. The van der Waals surface area contributed by atoms with Gasteiger partial charge in [-0.1, -0.05) is 30.3 Å². The molecule has 5 amide bonds. The van der Waals surface area contributed by atoms with E-state index in [-0.39, 0.29) is 18.1 Å². The highest BCUT2D eigenvalue weighted by molar-refractivity contribution is 14.1. The molecule has 1 fully saturated rings. The van der Waals surface area contributed by atoms with Gasteiger partial charge in [0.2, 0.25) is 0 Å². The van der Waals surface area contributed by atoms with Crippen molar-refractivity contribution in [2.75, 3.05) is 23.9 Å². The van der Waals surface area contributed by atoms with Gasteiger partial charge >= 0.3 is 6.03 Å². The number of barbiturate groups is 1. The second kappa shape index (κ2) is 11.5. The number of anilines is 2. The molecule has 9 nitrogen and oxygen atoms in total. The third-order valence-corrected chi connectivity index (χ3v) is 6.49. The molecule has 2 N–H and O–H groups in total. The number of nitrogens with one attached hydrogen (secondary N) is 2. The van der Waals surface area contributed by atoms with Crippen molar-refractivity contribution in [3.8, 4) is 11.5 Å². The highest BCUT2D eigenvalue weighted by atomic mass is 127. The number of amides is 5. The number of urea groups is 1. The summed E-state index contributed by atoms with van der Waals surface area (Å²) in [4.78, 5) is 51.4. The van der Waals surface area contributed by atoms with Crippen LogP contribution in [0.15, 0.2) is 66.2 Å². The molecule has 10 heteroatoms. The molecule has 4 rings (SSSR count). The maximum atomic E-state index is 13.1. The van der Waals surface area contributed by atoms with E-state index in [1.165, 1.54) is 13.2 Å². The first kappa shape index (κ1) is 26.9. The van der Waals surface area contributed by atoms with E-state index in [1.54, 1.807) is 42.5 Å². The summed E-state index contributed by atoms with van der Waals surface area (Å²) in [6.07, 6.45) is 1.38. The fraction of sp³-hybridized carbons (Fsp3) is 0.143. The van der Waals surface area contributed by atoms with Gasteiger partial charge in [-0.25, -0.2) is 9.69 Å². The average Bonchev–Trinajstić information content (AvgIpc) is 2.88. The number of benzene rings is 3. The Morgan fingerprint density at radius 2 is 1.79 bits per heavy atom. The van der Waals surface area contributed by atoms with E-state index in [9.17, 15) is 19.2 Å². The minimum atomic E-state index is -0.821. The smallest absolute Gasteiger partial charge is 0.335 e. The van der Waals surface area contributed by atoms with Crippen molar-refractivity contribution >= 4 is 63.8 Å². The van der Waals surface area contributed by atoms with Crippen LogP contribution in [0, 0.1) is 17.4 Å². The predicted molar refractivity (Wildman–Crippen MR) is 151 cm³/mol. The Bertz CT molecular complexity index is 1470. The lowest BCUT2D eigenvalue weighted by Gasteiger charge is -2.26. The van der Waals surface area contributed by atoms with Gasteiger partial charge < -0.3 is 14.8 Å². The van der Waals surface area contributed by atoms with E-state index < -0.39 is 17.8 Å². The first-order chi connectivity index (χ1) is 18.2. The molecule has 0 aliphatic carbocycles. The van der Waals surface area contributed by atoms with E-state index in [2.05, 4.69) is 10.6 Å². The van der Waals surface area contributed by atoms with Crippen molar-refractivity contribution < 1.29 is 28.7 Å². The number of methoxy groups -OCH3 is 1. The number of hydrogen-bond acceptors (Lipinski definition) is 6. The summed E-state index contributed by atoms with van der Waals surface area (Å²) in [5.74, 6) is -1.24. The van der Waals surface area contributed by atoms with Crippen LogP contribution in [0.1, 0.15) is 16.7 Å². The summed E-state index contributed by atoms with van der Waals surface area (Å²) < 4.78 is 11.8. The second-order valence-corrected chi connectivity index (χ2v) is 9.64. The Balaban J connectivity index is 1.55. The number of halogens is 1. The van der Waals surface area contributed by atoms with Gasteiger partial charge in [0.05, 0.1) is 16.4 Å². The lowest BCUT2D eigenvalue weighted by atomic mass is 10.1. The van der Waals surface area contributed by atoms with Gasteiger partial charge in [-0.15, -0.1) is 0 Å². The molecule has 0 saturated carbocycles. The molecular weight excluding hydrogens is 601 g/mol. The largest absolute Gasteiger partial charge is 0.493 e. The zero-order chi connectivity index (χ0) is 27.4. The van der Waals surface area contributed by atoms with Crippen LogP contribution in [0.3, 0.4) is 0 Å². The van der Waals surface area contributed by atoms with E-state index in [1.807, 2.05) is 54.6 Å². The Morgan fingerprint density at radius 1 is 1.05 bits per heavy atom. The quantitative estimate of drug-likeness (QED) is 0.226. The number of carbonyl (C=O) groups excluding carboxylic acids is 4. The molecule has 1 heterocycles. The average molecular weight is 625 g/mol. The van der Waals surface area contributed by atoms with Crippen LogP contribution < -0.4 is 25.0 Å². The van der Waals surface area contributed by atoms with Gasteiger partial charge in [-0.3, -0.25) is 19.7 Å². The Morgan fingerprint density at radius 3 is 2.50 bits per heavy atom. The molecule has 3 aromatic rings. The standard InChI is InChI=1S/C28H24IN3O6/c1-16-9-10-17(2)22(11-16)30-24(33)15-38-25-21(29)13-18(14-23(25)37-3)12-20-26(34)31-28(36)32(27(20)35)19-7-5-4-6-8-19/h4-14H,15H2,1-3H3,(H,30,33)(H,31,34,36)/b20-12-. The number of para-hydroxylation sites is 1. The maximum Gasteiger partial charge on any atom is 0.335 e. The van der Waals surface area contributed by atoms with Crippen LogP contribution >= 0.6 is 22.6 Å². The Hall–Kier alpha value is -4.19. The number of hydrogen-bond donors (Lipinski definition) is 2. The van der Waals surface area contributed by atoms with Gasteiger partial charge in [-0.2, -0.15) is 0 Å². The lowest BCUT2D eigenvalue weighted by molar-refractivity contribution is -0.122. The van der Waals surface area contributed by atoms with Gasteiger partial charge in [0.1, 0.15) is 5.57 Å². The predicted octanol–water partition coefficient (Wildman–Crippen LogP) is 4.60. The number of rotatable bonds is 7. The molecule has 0 spiro atoms. The number of nitrogens with zero attached hydrogens (tertiary/aromatic N) is 1. The maximum absolute atomic E-state index is 13.1. The van der Waals surface area contributed by atoms with Crippen LogP contribution in [0.25, 0.3) is 6.08 Å². The lowest BCUT2D eigenvalue weighted by Crippen LogP contribution is -2.54. The first-order valence-electron chi connectivity index (χ1n) is 11.5. The van der Waals surface area contributed by atoms with E-state index in [4.69, 9.17) is 9.47 Å². The first-order valence-corrected chi connectivity index (χ1v) is 12.6. The number of ether oxygens (including phenoxy) is 2. The van der Waals surface area contributed by atoms with Crippen LogP contribution in [-0.2, 0) is 14.4 Å². The molecular formula is C28H24IN3O6. The zero-order valence-electron chi connectivity index (χ0n) is 20.8. The molecule has 3 aromatic carbocycles. The number of carbonyl (C=O) groups is 4. The molecule has 0 atom stereocenters. The summed E-state index contributed by atoms with van der Waals surface area (Å²) in [6, 6.07) is 16.5. The van der Waals surface area contributed by atoms with Gasteiger partial charge in [0.25, 0.3) is 17.7 Å². The minimum Gasteiger partial charge on any atom is -0.493 e. The topological polar surface area (TPSA) is 114 Å². The summed E-state index contributed by atoms with van der Waals surface area (Å²) in [5.41, 5.74) is 3.26. The molecule has 38 heavy (non-hydrogen) atoms. The van der Waals surface area contributed by atoms with Gasteiger partial charge in [-0.05, 0) is 89.5 Å². The number of imide groups is 2. The van der Waals surface area contributed by atoms with Crippen LogP contribution in [0.5, 0.6) is 11.5 Å². The Kier molecular flexibility index (Phi) is 8.10. The van der Waals surface area contributed by atoms with Crippen molar-refractivity contribution in [2.45, 2.75) is 13.8 Å².